The molecule has 2 aromatic carbocycles. The SMILES string of the molecule is CCCCOc1ccc(/C=N/NC(=S)Nc2cccc(C)c2)cc1. The van der Waals surface area contributed by atoms with Crippen LogP contribution in [0.15, 0.2) is 53.6 Å². The maximum atomic E-state index is 5.63. The molecule has 0 fully saturated rings. The Hall–Kier alpha value is -2.40. The van der Waals surface area contributed by atoms with E-state index in [4.69, 9.17) is 17.0 Å². The van der Waals surface area contributed by atoms with Crippen LogP contribution in [0, 0.1) is 6.92 Å². The van der Waals surface area contributed by atoms with E-state index in [1.807, 2.05) is 55.5 Å². The van der Waals surface area contributed by atoms with E-state index in [-0.39, 0.29) is 0 Å². The zero-order valence-corrected chi connectivity index (χ0v) is 14.9. The first kappa shape index (κ1) is 17.9. The van der Waals surface area contributed by atoms with Gasteiger partial charge in [-0.15, -0.1) is 0 Å². The van der Waals surface area contributed by atoms with Gasteiger partial charge in [-0.2, -0.15) is 5.10 Å². The normalized spacial score (nSPS) is 10.6. The average Bonchev–Trinajstić information content (AvgIpc) is 2.56. The maximum Gasteiger partial charge on any atom is 0.191 e. The predicted molar refractivity (Wildman–Crippen MR) is 105 cm³/mol. The number of aryl methyl sites for hydroxylation is 1. The molecule has 0 bridgehead atoms. The van der Waals surface area contributed by atoms with Gasteiger partial charge in [-0.05, 0) is 73.1 Å². The van der Waals surface area contributed by atoms with E-state index in [2.05, 4.69) is 22.8 Å². The molecule has 0 saturated heterocycles. The molecule has 2 rings (SSSR count). The molecule has 0 atom stereocenters. The van der Waals surface area contributed by atoms with Gasteiger partial charge in [-0.1, -0.05) is 25.5 Å². The lowest BCUT2D eigenvalue weighted by atomic mass is 10.2. The zero-order chi connectivity index (χ0) is 17.2. The first-order chi connectivity index (χ1) is 11.7. The van der Waals surface area contributed by atoms with Crippen molar-refractivity contribution >= 4 is 29.2 Å². The first-order valence-corrected chi connectivity index (χ1v) is 8.48. The number of nitrogens with one attached hydrogen (secondary N) is 2. The minimum Gasteiger partial charge on any atom is -0.494 e. The Labute approximate surface area is 148 Å². The van der Waals surface area contributed by atoms with E-state index in [0.717, 1.165) is 36.4 Å². The van der Waals surface area contributed by atoms with Gasteiger partial charge >= 0.3 is 0 Å². The predicted octanol–water partition coefficient (Wildman–Crippen LogP) is 4.49. The smallest absolute Gasteiger partial charge is 0.191 e. The van der Waals surface area contributed by atoms with Crippen molar-refractivity contribution in [2.75, 3.05) is 11.9 Å². The monoisotopic (exact) mass is 341 g/mol. The summed E-state index contributed by atoms with van der Waals surface area (Å²) in [7, 11) is 0. The molecule has 5 heteroatoms. The highest BCUT2D eigenvalue weighted by molar-refractivity contribution is 7.80. The molecular weight excluding hydrogens is 318 g/mol. The fourth-order valence-electron chi connectivity index (χ4n) is 2.03. The van der Waals surface area contributed by atoms with Crippen LogP contribution in [0.3, 0.4) is 0 Å². The molecule has 0 amide bonds. The summed E-state index contributed by atoms with van der Waals surface area (Å²) in [5.41, 5.74) is 5.90. The summed E-state index contributed by atoms with van der Waals surface area (Å²) in [4.78, 5) is 0. The Morgan fingerprint density at radius 3 is 2.71 bits per heavy atom. The van der Waals surface area contributed by atoms with Gasteiger partial charge in [0.25, 0.3) is 0 Å². The molecule has 0 aliphatic rings. The molecule has 0 unspecified atom stereocenters. The van der Waals surface area contributed by atoms with Gasteiger partial charge in [-0.3, -0.25) is 5.43 Å². The number of benzene rings is 2. The lowest BCUT2D eigenvalue weighted by molar-refractivity contribution is 0.309. The number of unbranched alkanes of at least 4 members (excludes halogenated alkanes) is 1. The van der Waals surface area contributed by atoms with E-state index in [1.165, 1.54) is 5.56 Å². The largest absolute Gasteiger partial charge is 0.494 e. The number of hydrogen-bond acceptors (Lipinski definition) is 3. The molecule has 2 N–H and O–H groups in total. The van der Waals surface area contributed by atoms with E-state index in [0.29, 0.717) is 5.11 Å². The Morgan fingerprint density at radius 1 is 1.21 bits per heavy atom. The Morgan fingerprint density at radius 2 is 2.00 bits per heavy atom. The molecule has 0 saturated carbocycles. The molecule has 0 radical (unpaired) electrons. The highest BCUT2D eigenvalue weighted by Crippen LogP contribution is 2.12. The van der Waals surface area contributed by atoms with Gasteiger partial charge < -0.3 is 10.1 Å². The average molecular weight is 341 g/mol. The number of hydrazone groups is 1. The Bertz CT molecular complexity index is 683. The number of nitrogens with zero attached hydrogens (tertiary/aromatic N) is 1. The van der Waals surface area contributed by atoms with Gasteiger partial charge in [0.1, 0.15) is 5.75 Å². The molecule has 126 valence electrons. The van der Waals surface area contributed by atoms with Gasteiger partial charge in [0.05, 0.1) is 12.8 Å². The molecular formula is C19H23N3OS. The summed E-state index contributed by atoms with van der Waals surface area (Å²) in [5, 5.41) is 7.69. The third-order valence-electron chi connectivity index (χ3n) is 3.30. The van der Waals surface area contributed by atoms with Crippen LogP contribution in [0.25, 0.3) is 0 Å². The Balaban J connectivity index is 1.79. The summed E-state index contributed by atoms with van der Waals surface area (Å²) in [6, 6.07) is 15.8. The number of ether oxygens (including phenoxy) is 1. The maximum absolute atomic E-state index is 5.63. The van der Waals surface area contributed by atoms with Crippen LogP contribution >= 0.6 is 12.2 Å². The minimum absolute atomic E-state index is 0.455. The van der Waals surface area contributed by atoms with E-state index < -0.39 is 0 Å². The standard InChI is InChI=1S/C19H23N3OS/c1-3-4-12-23-18-10-8-16(9-11-18)14-20-22-19(24)21-17-7-5-6-15(2)13-17/h5-11,13-14H,3-4,12H2,1-2H3,(H2,21,22,24)/b20-14+. The van der Waals surface area contributed by atoms with Gasteiger partial charge in [0, 0.05) is 5.69 Å². The number of anilines is 1. The van der Waals surface area contributed by atoms with Crippen molar-refractivity contribution in [3.63, 3.8) is 0 Å². The number of rotatable bonds is 7. The van der Waals surface area contributed by atoms with E-state index in [9.17, 15) is 0 Å². The van der Waals surface area contributed by atoms with Crippen LogP contribution in [0.2, 0.25) is 0 Å². The molecule has 0 aromatic heterocycles. The van der Waals surface area contributed by atoms with Crippen LogP contribution in [0.5, 0.6) is 5.75 Å². The molecule has 2 aromatic rings. The van der Waals surface area contributed by atoms with Crippen LogP contribution in [-0.4, -0.2) is 17.9 Å². The molecule has 0 aliphatic carbocycles. The zero-order valence-electron chi connectivity index (χ0n) is 14.1. The lowest BCUT2D eigenvalue weighted by Crippen LogP contribution is -2.23. The second-order valence-corrected chi connectivity index (χ2v) is 5.87. The molecule has 4 nitrogen and oxygen atoms in total. The van der Waals surface area contributed by atoms with Gasteiger partial charge in [0.15, 0.2) is 5.11 Å². The van der Waals surface area contributed by atoms with Crippen LogP contribution in [0.4, 0.5) is 5.69 Å². The van der Waals surface area contributed by atoms with Crippen molar-refractivity contribution in [2.24, 2.45) is 5.10 Å². The fraction of sp³-hybridized carbons (Fsp3) is 0.263. The molecule has 0 spiro atoms. The topological polar surface area (TPSA) is 45.6 Å². The highest BCUT2D eigenvalue weighted by Gasteiger charge is 1.97. The molecule has 0 aliphatic heterocycles. The van der Waals surface area contributed by atoms with Crippen molar-refractivity contribution in [3.05, 3.63) is 59.7 Å². The van der Waals surface area contributed by atoms with Crippen molar-refractivity contribution in [2.45, 2.75) is 26.7 Å². The van der Waals surface area contributed by atoms with Crippen LogP contribution in [0.1, 0.15) is 30.9 Å². The van der Waals surface area contributed by atoms with Crippen LogP contribution < -0.4 is 15.5 Å². The third-order valence-corrected chi connectivity index (χ3v) is 3.50. The Kier molecular flexibility index (Phi) is 7.23. The van der Waals surface area contributed by atoms with Gasteiger partial charge in [-0.25, -0.2) is 0 Å². The first-order valence-electron chi connectivity index (χ1n) is 8.07. The second kappa shape index (κ2) is 9.67. The minimum atomic E-state index is 0.455. The summed E-state index contributed by atoms with van der Waals surface area (Å²) in [6.07, 6.45) is 3.92. The summed E-state index contributed by atoms with van der Waals surface area (Å²) in [6.45, 7) is 4.94. The van der Waals surface area contributed by atoms with Crippen molar-refractivity contribution < 1.29 is 4.74 Å². The summed E-state index contributed by atoms with van der Waals surface area (Å²) in [5.74, 6) is 0.880. The van der Waals surface area contributed by atoms with Crippen molar-refractivity contribution in [3.8, 4) is 5.75 Å². The molecule has 24 heavy (non-hydrogen) atoms. The fourth-order valence-corrected chi connectivity index (χ4v) is 2.20. The third kappa shape index (κ3) is 6.38. The van der Waals surface area contributed by atoms with Crippen molar-refractivity contribution in [1.82, 2.24) is 5.43 Å². The summed E-state index contributed by atoms with van der Waals surface area (Å²) >= 11 is 5.22. The highest BCUT2D eigenvalue weighted by atomic mass is 32.1. The van der Waals surface area contributed by atoms with Crippen LogP contribution in [-0.2, 0) is 0 Å². The van der Waals surface area contributed by atoms with E-state index in [1.54, 1.807) is 6.21 Å². The van der Waals surface area contributed by atoms with Gasteiger partial charge in [0.2, 0.25) is 0 Å². The quantitative estimate of drug-likeness (QED) is 0.337. The number of hydrogen-bond donors (Lipinski definition) is 2. The second-order valence-electron chi connectivity index (χ2n) is 5.46. The number of thiocarbonyl (C=S) groups is 1. The summed E-state index contributed by atoms with van der Waals surface area (Å²) < 4.78 is 5.63. The lowest BCUT2D eigenvalue weighted by Gasteiger charge is -2.07. The molecule has 0 heterocycles. The van der Waals surface area contributed by atoms with Crippen molar-refractivity contribution in [1.29, 1.82) is 0 Å². The van der Waals surface area contributed by atoms with E-state index >= 15 is 0 Å².